The maximum absolute atomic E-state index is 9.71. The predicted octanol–water partition coefficient (Wildman–Crippen LogP) is 22.4. The van der Waals surface area contributed by atoms with Gasteiger partial charge in [0.05, 0.1) is 44.9 Å². The SMILES string of the molecule is [2H]c1c([2H])c([2H])c(-c2ccc3c(c2)N(c2c(-c4ccccc4)cc(C(C)(C)C)cc2-c2ccccc2)c2cc(C(C)(C)C)cc4c2B3c2ccc(-n3c5c([2H])c([2H])c([2H])c([2H])c5c5c([2H])c([2H])c([2H])c([2H])c53)cc2N4c2cccc3c2sc2c(-c4ccc5c(c4)oc4ccccc45)cccc23)c([2H])c1[2H]. The molecule has 0 radical (unpaired) electrons. The molecule has 0 amide bonds. The lowest BCUT2D eigenvalue weighted by atomic mass is 9.33. The number of benzene rings is 13. The fourth-order valence-corrected chi connectivity index (χ4v) is 15.7. The molecule has 13 aromatic carbocycles. The molecule has 18 rings (SSSR count). The monoisotopic (exact) mass is 1210 g/mol. The van der Waals surface area contributed by atoms with E-state index in [-0.39, 0.29) is 44.9 Å². The maximum atomic E-state index is 9.71. The Morgan fingerprint density at radius 2 is 0.924 bits per heavy atom. The van der Waals surface area contributed by atoms with Crippen LogP contribution in [0.1, 0.15) is 70.5 Å². The number of aromatic nitrogens is 1. The molecule has 0 saturated heterocycles. The second-order valence-corrected chi connectivity index (χ2v) is 27.3. The summed E-state index contributed by atoms with van der Waals surface area (Å²) in [6.07, 6.45) is 0. The molecule has 3 aromatic heterocycles. The van der Waals surface area contributed by atoms with Crippen molar-refractivity contribution in [2.45, 2.75) is 52.4 Å². The summed E-state index contributed by atoms with van der Waals surface area (Å²) in [6.45, 7) is 12.6. The van der Waals surface area contributed by atoms with Crippen LogP contribution in [0, 0.1) is 0 Å². The molecule has 0 spiro atoms. The molecule has 2 aliphatic heterocycles. The Labute approximate surface area is 558 Å². The van der Waals surface area contributed by atoms with E-state index in [2.05, 4.69) is 161 Å². The summed E-state index contributed by atoms with van der Waals surface area (Å²) in [6, 6.07) is 63.1. The number of hydrogen-bond donors (Lipinski definition) is 0. The van der Waals surface area contributed by atoms with E-state index in [1.807, 2.05) is 91.0 Å². The van der Waals surface area contributed by atoms with Gasteiger partial charge in [0.25, 0.3) is 6.71 Å². The van der Waals surface area contributed by atoms with Crippen molar-refractivity contribution in [2.24, 2.45) is 0 Å². The lowest BCUT2D eigenvalue weighted by Gasteiger charge is -2.46. The van der Waals surface area contributed by atoms with E-state index in [1.165, 1.54) is 0 Å². The van der Waals surface area contributed by atoms with Crippen molar-refractivity contribution >= 4 is 132 Å². The van der Waals surface area contributed by atoms with E-state index in [1.54, 1.807) is 15.9 Å². The maximum Gasteiger partial charge on any atom is 0.252 e. The number of thiophene rings is 1. The first-order chi connectivity index (χ1) is 50.3. The molecule has 6 heteroatoms. The van der Waals surface area contributed by atoms with Crippen LogP contribution in [0.5, 0.6) is 0 Å². The van der Waals surface area contributed by atoms with Gasteiger partial charge in [0.2, 0.25) is 0 Å². The quantitative estimate of drug-likeness (QED) is 0.149. The zero-order chi connectivity index (χ0) is 73.0. The topological polar surface area (TPSA) is 24.6 Å². The third-order valence-electron chi connectivity index (χ3n) is 18.8. The van der Waals surface area contributed by atoms with E-state index >= 15 is 0 Å². The van der Waals surface area contributed by atoms with Crippen LogP contribution in [0.15, 0.2) is 283 Å². The Kier molecular flexibility index (Phi) is 9.41. The van der Waals surface area contributed by atoms with E-state index in [9.17, 15) is 8.22 Å². The smallest absolute Gasteiger partial charge is 0.252 e. The van der Waals surface area contributed by atoms with Crippen LogP contribution in [-0.4, -0.2) is 11.3 Å². The van der Waals surface area contributed by atoms with Gasteiger partial charge in [-0.3, -0.25) is 0 Å². The van der Waals surface area contributed by atoms with Gasteiger partial charge in [0.15, 0.2) is 0 Å². The van der Waals surface area contributed by atoms with Crippen molar-refractivity contribution in [1.82, 2.24) is 4.57 Å². The molecule has 0 saturated carbocycles. The number of hydrogen-bond acceptors (Lipinski definition) is 4. The van der Waals surface area contributed by atoms with E-state index < -0.39 is 78.6 Å². The normalized spacial score (nSPS) is 15.0. The van der Waals surface area contributed by atoms with Gasteiger partial charge in [-0.2, -0.15) is 0 Å². The molecule has 16 aromatic rings. The second kappa shape index (κ2) is 20.4. The molecule has 5 heterocycles. The lowest BCUT2D eigenvalue weighted by molar-refractivity contribution is 0.590. The first-order valence-corrected chi connectivity index (χ1v) is 31.9. The Morgan fingerprint density at radius 1 is 0.370 bits per heavy atom. The highest BCUT2D eigenvalue weighted by Crippen LogP contribution is 2.55. The minimum absolute atomic E-state index is 0.0114. The molecule has 0 fully saturated rings. The molecule has 0 bridgehead atoms. The van der Waals surface area contributed by atoms with Crippen LogP contribution >= 0.6 is 11.3 Å². The highest BCUT2D eigenvalue weighted by Gasteiger charge is 2.46. The number of anilines is 6. The molecule has 0 unspecified atom stereocenters. The standard InChI is InChI=1S/C86H64BN3OS/c1-85(2,3)58-48-68(54-26-12-8-13-27-54)82(69(49-58)55-28-14-9-15-29-55)90-75-46-56(53-24-10-7-11-25-53)41-44-70(75)87-71-45-42-60(88-72-36-19-16-30-62(72)63-31-17-20-37-73(63)88)52-76(71)89(77-50-59(86(4,5)6)51-78(90)81(77)87)74-38-23-35-67-66-34-22-33-61(83(66)92-84(67)74)57-40-43-65-64-32-18-21-39-79(64)91-80(65)47-57/h7-52H,1-6H3/i7D,10D,11D,16D,17D,19D,20D,24D,25D,30D,31D,36D,37D. The summed E-state index contributed by atoms with van der Waals surface area (Å²) in [5.41, 5.74) is 16.5. The number of furan rings is 1. The average molecular weight is 1210 g/mol. The van der Waals surface area contributed by atoms with E-state index in [0.29, 0.717) is 22.6 Å². The molecule has 0 N–H and O–H groups in total. The molecule has 4 nitrogen and oxygen atoms in total. The Hall–Kier alpha value is -10.7. The number of rotatable bonds is 7. The summed E-state index contributed by atoms with van der Waals surface area (Å²) >= 11 is 1.68. The lowest BCUT2D eigenvalue weighted by Crippen LogP contribution is -2.61. The van der Waals surface area contributed by atoms with Gasteiger partial charge < -0.3 is 18.8 Å². The van der Waals surface area contributed by atoms with Crippen molar-refractivity contribution < 1.29 is 22.2 Å². The summed E-state index contributed by atoms with van der Waals surface area (Å²) < 4.78 is 131. The molecule has 0 atom stereocenters. The molecule has 438 valence electrons. The fourth-order valence-electron chi connectivity index (χ4n) is 14.4. The van der Waals surface area contributed by atoms with Crippen LogP contribution in [0.2, 0.25) is 0 Å². The van der Waals surface area contributed by atoms with Crippen molar-refractivity contribution in [3.8, 4) is 50.2 Å². The second-order valence-electron chi connectivity index (χ2n) is 26.2. The highest BCUT2D eigenvalue weighted by molar-refractivity contribution is 7.27. The van der Waals surface area contributed by atoms with Gasteiger partial charge in [0, 0.05) is 76.6 Å². The zero-order valence-electron chi connectivity index (χ0n) is 64.3. The molecular formula is C86H64BN3OS. The van der Waals surface area contributed by atoms with Gasteiger partial charge >= 0.3 is 0 Å². The van der Waals surface area contributed by atoms with Gasteiger partial charge in [-0.1, -0.05) is 241 Å². The highest BCUT2D eigenvalue weighted by atomic mass is 32.1. The van der Waals surface area contributed by atoms with Crippen LogP contribution in [0.3, 0.4) is 0 Å². The van der Waals surface area contributed by atoms with Gasteiger partial charge in [-0.15, -0.1) is 11.3 Å². The molecule has 2 aliphatic rings. The number of fused-ring (bicyclic) bond motifs is 13. The average Bonchev–Trinajstić information content (AvgIpc) is 1.57. The van der Waals surface area contributed by atoms with Crippen LogP contribution in [-0.2, 0) is 10.8 Å². The van der Waals surface area contributed by atoms with E-state index in [4.69, 9.17) is 14.0 Å². The van der Waals surface area contributed by atoms with Gasteiger partial charge in [-0.25, -0.2) is 0 Å². The van der Waals surface area contributed by atoms with Crippen molar-refractivity contribution in [2.75, 3.05) is 9.80 Å². The zero-order valence-corrected chi connectivity index (χ0v) is 52.1. The molecule has 0 aliphatic carbocycles. The van der Waals surface area contributed by atoms with Crippen molar-refractivity contribution in [3.05, 3.63) is 290 Å². The predicted molar refractivity (Wildman–Crippen MR) is 394 cm³/mol. The number of para-hydroxylation sites is 3. The van der Waals surface area contributed by atoms with Crippen LogP contribution in [0.25, 0.3) is 114 Å². The van der Waals surface area contributed by atoms with Crippen molar-refractivity contribution in [1.29, 1.82) is 0 Å². The summed E-state index contributed by atoms with van der Waals surface area (Å²) in [5, 5.41) is 4.03. The first-order valence-electron chi connectivity index (χ1n) is 37.6. The van der Waals surface area contributed by atoms with Crippen molar-refractivity contribution in [3.63, 3.8) is 0 Å². The number of nitrogens with zero attached hydrogens (tertiary/aromatic N) is 3. The largest absolute Gasteiger partial charge is 0.456 e. The Balaban J connectivity index is 1.00. The van der Waals surface area contributed by atoms with Crippen LogP contribution in [0.4, 0.5) is 34.1 Å². The van der Waals surface area contributed by atoms with Crippen LogP contribution < -0.4 is 26.2 Å². The minimum atomic E-state index is -0.632. The fraction of sp³-hybridized carbons (Fsp3) is 0.0930. The Morgan fingerprint density at radius 3 is 1.61 bits per heavy atom. The third-order valence-corrected chi connectivity index (χ3v) is 20.1. The summed E-state index contributed by atoms with van der Waals surface area (Å²) in [5.74, 6) is 0. The molecular weight excluding hydrogens is 1130 g/mol. The van der Waals surface area contributed by atoms with E-state index in [0.717, 1.165) is 126 Å². The third kappa shape index (κ3) is 8.36. The summed E-state index contributed by atoms with van der Waals surface area (Å²) in [4.78, 5) is 4.68. The summed E-state index contributed by atoms with van der Waals surface area (Å²) in [7, 11) is 0. The van der Waals surface area contributed by atoms with Gasteiger partial charge in [0.1, 0.15) is 11.2 Å². The minimum Gasteiger partial charge on any atom is -0.456 e. The first kappa shape index (κ1) is 42.4. The molecule has 92 heavy (non-hydrogen) atoms. The van der Waals surface area contributed by atoms with Gasteiger partial charge in [-0.05, 0) is 151 Å². The Bertz CT molecular complexity index is 6350.